The zero-order valence-corrected chi connectivity index (χ0v) is 13.1. The van der Waals surface area contributed by atoms with Gasteiger partial charge in [0.05, 0.1) is 16.3 Å². The number of nitrogens with one attached hydrogen (secondary N) is 1. The summed E-state index contributed by atoms with van der Waals surface area (Å²) in [6, 6.07) is 10.8. The highest BCUT2D eigenvalue weighted by Gasteiger charge is 2.13. The quantitative estimate of drug-likeness (QED) is 0.571. The van der Waals surface area contributed by atoms with Crippen LogP contribution in [0, 0.1) is 13.8 Å². The summed E-state index contributed by atoms with van der Waals surface area (Å²) >= 11 is 1.71. The summed E-state index contributed by atoms with van der Waals surface area (Å²) < 4.78 is 1.20. The predicted octanol–water partition coefficient (Wildman–Crippen LogP) is 3.66. The van der Waals surface area contributed by atoms with Crippen LogP contribution in [-0.4, -0.2) is 4.98 Å². The van der Waals surface area contributed by atoms with Crippen LogP contribution in [0.1, 0.15) is 28.3 Å². The van der Waals surface area contributed by atoms with E-state index in [4.69, 9.17) is 5.84 Å². The molecule has 0 aliphatic heterocycles. The van der Waals surface area contributed by atoms with Gasteiger partial charge in [0.1, 0.15) is 0 Å². The fourth-order valence-corrected chi connectivity index (χ4v) is 3.35. The molecular formula is C17H19N3S. The Kier molecular flexibility index (Phi) is 4.01. The Balaban J connectivity index is 1.92. The molecule has 0 amide bonds. The molecule has 0 fully saturated rings. The van der Waals surface area contributed by atoms with Crippen LogP contribution < -0.4 is 11.3 Å². The number of fused-ring (bicyclic) bond motifs is 1. The third kappa shape index (κ3) is 2.97. The summed E-state index contributed by atoms with van der Waals surface area (Å²) in [5, 5.41) is 2.07. The van der Waals surface area contributed by atoms with E-state index < -0.39 is 0 Å². The van der Waals surface area contributed by atoms with E-state index in [1.807, 2.05) is 12.3 Å². The first-order chi connectivity index (χ1) is 10.2. The van der Waals surface area contributed by atoms with Crippen LogP contribution in [0.3, 0.4) is 0 Å². The Hall–Kier alpha value is -1.75. The molecule has 108 valence electrons. The summed E-state index contributed by atoms with van der Waals surface area (Å²) in [6.45, 7) is 4.26. The first-order valence-electron chi connectivity index (χ1n) is 7.03. The smallest absolute Gasteiger partial charge is 0.0809 e. The van der Waals surface area contributed by atoms with Gasteiger partial charge in [-0.05, 0) is 54.5 Å². The molecule has 0 saturated carbocycles. The topological polar surface area (TPSA) is 50.9 Å². The molecule has 2 aromatic heterocycles. The summed E-state index contributed by atoms with van der Waals surface area (Å²) in [4.78, 5) is 4.51. The number of thiophene rings is 1. The number of aromatic nitrogens is 1. The van der Waals surface area contributed by atoms with E-state index >= 15 is 0 Å². The molecule has 4 heteroatoms. The summed E-state index contributed by atoms with van der Waals surface area (Å²) in [5.41, 5.74) is 9.01. The molecule has 1 atom stereocenters. The zero-order valence-electron chi connectivity index (χ0n) is 12.3. The molecule has 0 radical (unpaired) electrons. The summed E-state index contributed by atoms with van der Waals surface area (Å²) in [7, 11) is 0. The van der Waals surface area contributed by atoms with E-state index in [1.165, 1.54) is 21.4 Å². The minimum Gasteiger partial charge on any atom is -0.271 e. The van der Waals surface area contributed by atoms with Gasteiger partial charge in [0.15, 0.2) is 0 Å². The van der Waals surface area contributed by atoms with E-state index in [0.29, 0.717) is 0 Å². The molecule has 3 N–H and O–H groups in total. The van der Waals surface area contributed by atoms with Crippen molar-refractivity contribution in [1.82, 2.24) is 10.4 Å². The maximum absolute atomic E-state index is 5.79. The van der Waals surface area contributed by atoms with Crippen LogP contribution in [0.4, 0.5) is 0 Å². The van der Waals surface area contributed by atoms with Crippen molar-refractivity contribution >= 4 is 21.6 Å². The number of aryl methyl sites for hydroxylation is 2. The van der Waals surface area contributed by atoms with E-state index in [2.05, 4.69) is 53.9 Å². The van der Waals surface area contributed by atoms with Crippen molar-refractivity contribution in [2.24, 2.45) is 5.84 Å². The van der Waals surface area contributed by atoms with Gasteiger partial charge in [-0.2, -0.15) is 0 Å². The largest absolute Gasteiger partial charge is 0.271 e. The third-order valence-electron chi connectivity index (χ3n) is 3.86. The Morgan fingerprint density at radius 2 is 2.10 bits per heavy atom. The van der Waals surface area contributed by atoms with Crippen LogP contribution >= 0.6 is 11.3 Å². The molecule has 0 aliphatic carbocycles. The van der Waals surface area contributed by atoms with Gasteiger partial charge in [-0.25, -0.2) is 0 Å². The minimum atomic E-state index is 0.0736. The molecule has 0 saturated heterocycles. The van der Waals surface area contributed by atoms with Gasteiger partial charge >= 0.3 is 0 Å². The van der Waals surface area contributed by atoms with Gasteiger partial charge in [-0.15, -0.1) is 11.3 Å². The summed E-state index contributed by atoms with van der Waals surface area (Å²) in [6.07, 6.45) is 2.79. The number of nitrogens with two attached hydrogens (primary N) is 1. The molecule has 0 bridgehead atoms. The van der Waals surface area contributed by atoms with Gasteiger partial charge < -0.3 is 0 Å². The number of hydrogen-bond acceptors (Lipinski definition) is 4. The highest BCUT2D eigenvalue weighted by Crippen LogP contribution is 2.25. The van der Waals surface area contributed by atoms with Crippen LogP contribution in [-0.2, 0) is 6.42 Å². The fraction of sp³-hybridized carbons (Fsp3) is 0.235. The van der Waals surface area contributed by atoms with Crippen LogP contribution in [0.15, 0.2) is 41.9 Å². The Morgan fingerprint density at radius 3 is 2.90 bits per heavy atom. The van der Waals surface area contributed by atoms with Gasteiger partial charge in [0.25, 0.3) is 0 Å². The predicted molar refractivity (Wildman–Crippen MR) is 89.3 cm³/mol. The van der Waals surface area contributed by atoms with Crippen molar-refractivity contribution in [1.29, 1.82) is 0 Å². The summed E-state index contributed by atoms with van der Waals surface area (Å²) in [5.74, 6) is 5.79. The number of nitrogens with zero attached hydrogens (tertiary/aromatic N) is 1. The van der Waals surface area contributed by atoms with Crippen molar-refractivity contribution in [3.8, 4) is 0 Å². The Morgan fingerprint density at radius 1 is 1.24 bits per heavy atom. The lowest BCUT2D eigenvalue weighted by Gasteiger charge is -2.18. The Labute approximate surface area is 128 Å². The van der Waals surface area contributed by atoms with Crippen molar-refractivity contribution in [3.63, 3.8) is 0 Å². The lowest BCUT2D eigenvalue weighted by molar-refractivity contribution is 0.550. The van der Waals surface area contributed by atoms with Gasteiger partial charge in [0.2, 0.25) is 0 Å². The lowest BCUT2D eigenvalue weighted by atomic mass is 9.96. The monoisotopic (exact) mass is 297 g/mol. The van der Waals surface area contributed by atoms with Crippen molar-refractivity contribution in [3.05, 3.63) is 64.2 Å². The maximum atomic E-state index is 5.79. The molecule has 3 nitrogen and oxygen atoms in total. The first kappa shape index (κ1) is 14.2. The van der Waals surface area contributed by atoms with Crippen molar-refractivity contribution < 1.29 is 0 Å². The second-order valence-corrected chi connectivity index (χ2v) is 6.37. The standard InChI is InChI=1S/C17H19N3S/c1-11-3-4-12(2)13(7-11)8-16(20-18)14-9-17-15(19-10-14)5-6-21-17/h3-7,9-10,16,20H,8,18H2,1-2H3. The van der Waals surface area contributed by atoms with E-state index in [1.54, 1.807) is 11.3 Å². The minimum absolute atomic E-state index is 0.0736. The molecule has 3 aromatic rings. The SMILES string of the molecule is Cc1ccc(C)c(CC(NN)c2cnc3ccsc3c2)c1. The number of pyridine rings is 1. The zero-order chi connectivity index (χ0) is 14.8. The number of hydrogen-bond donors (Lipinski definition) is 2. The molecule has 1 aromatic carbocycles. The second-order valence-electron chi connectivity index (χ2n) is 5.43. The van der Waals surface area contributed by atoms with E-state index in [-0.39, 0.29) is 6.04 Å². The lowest BCUT2D eigenvalue weighted by Crippen LogP contribution is -2.29. The van der Waals surface area contributed by atoms with E-state index in [0.717, 1.165) is 17.5 Å². The molecule has 0 aliphatic rings. The van der Waals surface area contributed by atoms with Crippen molar-refractivity contribution in [2.45, 2.75) is 26.3 Å². The molecule has 0 spiro atoms. The molecule has 21 heavy (non-hydrogen) atoms. The van der Waals surface area contributed by atoms with Gasteiger partial charge in [0, 0.05) is 6.20 Å². The van der Waals surface area contributed by atoms with Crippen LogP contribution in [0.5, 0.6) is 0 Å². The van der Waals surface area contributed by atoms with Gasteiger partial charge in [-0.3, -0.25) is 16.3 Å². The average molecular weight is 297 g/mol. The number of benzene rings is 1. The van der Waals surface area contributed by atoms with E-state index in [9.17, 15) is 0 Å². The van der Waals surface area contributed by atoms with Crippen molar-refractivity contribution in [2.75, 3.05) is 0 Å². The normalized spacial score (nSPS) is 12.7. The van der Waals surface area contributed by atoms with Crippen LogP contribution in [0.2, 0.25) is 0 Å². The first-order valence-corrected chi connectivity index (χ1v) is 7.91. The van der Waals surface area contributed by atoms with Crippen LogP contribution in [0.25, 0.3) is 10.2 Å². The number of hydrazine groups is 1. The third-order valence-corrected chi connectivity index (χ3v) is 4.71. The molecule has 1 unspecified atom stereocenters. The highest BCUT2D eigenvalue weighted by atomic mass is 32.1. The average Bonchev–Trinajstić information content (AvgIpc) is 2.95. The highest BCUT2D eigenvalue weighted by molar-refractivity contribution is 7.17. The molecule has 3 rings (SSSR count). The molecule has 2 heterocycles. The maximum Gasteiger partial charge on any atom is 0.0809 e. The number of rotatable bonds is 4. The second kappa shape index (κ2) is 5.93. The van der Waals surface area contributed by atoms with Gasteiger partial charge in [-0.1, -0.05) is 23.8 Å². The Bertz CT molecular complexity index is 764. The fourth-order valence-electron chi connectivity index (χ4n) is 2.57. The molecular weight excluding hydrogens is 278 g/mol.